The molecule has 4 aromatic rings. The van der Waals surface area contributed by atoms with E-state index >= 15 is 0 Å². The van der Waals surface area contributed by atoms with Gasteiger partial charge in [0.15, 0.2) is 5.75 Å². The minimum Gasteiger partial charge on any atom is -0.482 e. The molecule has 0 aliphatic heterocycles. The van der Waals surface area contributed by atoms with Crippen LogP contribution in [0.15, 0.2) is 75.0 Å². The molecule has 0 radical (unpaired) electrons. The summed E-state index contributed by atoms with van der Waals surface area (Å²) in [4.78, 5) is 29.0. The fourth-order valence-electron chi connectivity index (χ4n) is 3.52. The number of benzene rings is 3. The van der Waals surface area contributed by atoms with Crippen LogP contribution in [0.3, 0.4) is 0 Å². The van der Waals surface area contributed by atoms with E-state index in [1.54, 1.807) is 36.4 Å². The minimum absolute atomic E-state index is 0.00910. The number of aromatic nitrogens is 2. The maximum atomic E-state index is 13.9. The van der Waals surface area contributed by atoms with Crippen molar-refractivity contribution in [1.82, 2.24) is 9.66 Å². The second kappa shape index (κ2) is 9.98. The molecular weight excluding hydrogens is 531 g/mol. The molecule has 0 fully saturated rings. The van der Waals surface area contributed by atoms with Crippen LogP contribution >= 0.6 is 15.9 Å². The number of halogens is 2. The third-order valence-corrected chi connectivity index (χ3v) is 5.82. The first-order valence-corrected chi connectivity index (χ1v) is 11.8. The third-order valence-electron chi connectivity index (χ3n) is 5.32. The first kappa shape index (κ1) is 25.2. The first-order valence-electron chi connectivity index (χ1n) is 11.0. The topological polar surface area (TPSA) is 99.6 Å². The highest BCUT2D eigenvalue weighted by molar-refractivity contribution is 9.10. The second-order valence-corrected chi connectivity index (χ2v) is 9.99. The molecule has 0 unspecified atom stereocenters. The van der Waals surface area contributed by atoms with Crippen LogP contribution in [-0.4, -0.2) is 20.8 Å². The van der Waals surface area contributed by atoms with E-state index in [0.717, 1.165) is 4.47 Å². The molecule has 0 saturated heterocycles. The predicted octanol–water partition coefficient (Wildman–Crippen LogP) is 5.97. The van der Waals surface area contributed by atoms with E-state index in [4.69, 9.17) is 4.74 Å². The number of hydrogen-bond donors (Lipinski definition) is 0. The molecule has 0 spiro atoms. The molecule has 0 aliphatic carbocycles. The van der Waals surface area contributed by atoms with Crippen molar-refractivity contribution in [3.63, 3.8) is 0 Å². The molecule has 184 valence electrons. The second-order valence-electron chi connectivity index (χ2n) is 9.07. The Morgan fingerprint density at radius 2 is 1.92 bits per heavy atom. The maximum absolute atomic E-state index is 13.9. The summed E-state index contributed by atoms with van der Waals surface area (Å²) < 4.78 is 21.4. The van der Waals surface area contributed by atoms with Gasteiger partial charge in [0.25, 0.3) is 5.56 Å². The normalized spacial score (nSPS) is 11.8. The summed E-state index contributed by atoms with van der Waals surface area (Å²) in [7, 11) is 0. The van der Waals surface area contributed by atoms with Crippen molar-refractivity contribution in [1.29, 1.82) is 0 Å². The van der Waals surface area contributed by atoms with Crippen molar-refractivity contribution in [2.75, 3.05) is 0 Å². The molecule has 1 aromatic heterocycles. The summed E-state index contributed by atoms with van der Waals surface area (Å²) in [6, 6.07) is 15.6. The van der Waals surface area contributed by atoms with Crippen molar-refractivity contribution < 1.29 is 14.1 Å². The van der Waals surface area contributed by atoms with E-state index < -0.39 is 16.2 Å². The monoisotopic (exact) mass is 552 g/mol. The molecule has 10 heteroatoms. The van der Waals surface area contributed by atoms with Gasteiger partial charge in [0.2, 0.25) is 0 Å². The van der Waals surface area contributed by atoms with Gasteiger partial charge in [-0.1, -0.05) is 54.9 Å². The van der Waals surface area contributed by atoms with Crippen LogP contribution in [0.25, 0.3) is 10.9 Å². The Morgan fingerprint density at radius 3 is 2.61 bits per heavy atom. The molecule has 1 heterocycles. The van der Waals surface area contributed by atoms with E-state index in [-0.39, 0.29) is 29.2 Å². The number of hydrogen-bond acceptors (Lipinski definition) is 6. The van der Waals surface area contributed by atoms with Crippen molar-refractivity contribution >= 4 is 38.7 Å². The average Bonchev–Trinajstić information content (AvgIpc) is 2.82. The van der Waals surface area contributed by atoms with Gasteiger partial charge in [-0.3, -0.25) is 14.9 Å². The van der Waals surface area contributed by atoms with Gasteiger partial charge < -0.3 is 4.74 Å². The van der Waals surface area contributed by atoms with E-state index in [2.05, 4.69) is 26.0 Å². The number of nitrogens with zero attached hydrogens (tertiary/aromatic N) is 4. The first-order chi connectivity index (χ1) is 17.0. The van der Waals surface area contributed by atoms with Crippen LogP contribution in [0.4, 0.5) is 10.1 Å². The van der Waals surface area contributed by atoms with Gasteiger partial charge in [-0.15, -0.1) is 0 Å². The Bertz CT molecular complexity index is 1560. The lowest BCUT2D eigenvalue weighted by Gasteiger charge is -2.20. The fraction of sp³-hybridized carbons (Fsp3) is 0.192. The van der Waals surface area contributed by atoms with Gasteiger partial charge in [-0.25, -0.2) is 9.37 Å². The zero-order valence-electron chi connectivity index (χ0n) is 19.7. The van der Waals surface area contributed by atoms with Crippen LogP contribution in [0.5, 0.6) is 5.75 Å². The molecule has 0 N–H and O–H groups in total. The third kappa shape index (κ3) is 5.33. The highest BCUT2D eigenvalue weighted by Crippen LogP contribution is 2.29. The van der Waals surface area contributed by atoms with Crippen LogP contribution in [-0.2, 0) is 12.0 Å². The van der Waals surface area contributed by atoms with Gasteiger partial charge in [0.05, 0.1) is 22.0 Å². The zero-order valence-corrected chi connectivity index (χ0v) is 21.3. The van der Waals surface area contributed by atoms with Crippen LogP contribution in [0, 0.1) is 15.9 Å². The molecule has 8 nitrogen and oxygen atoms in total. The van der Waals surface area contributed by atoms with Gasteiger partial charge in [0, 0.05) is 27.1 Å². The summed E-state index contributed by atoms with van der Waals surface area (Å²) >= 11 is 3.37. The van der Waals surface area contributed by atoms with Gasteiger partial charge >= 0.3 is 5.69 Å². The summed E-state index contributed by atoms with van der Waals surface area (Å²) in [5, 5.41) is 16.4. The molecule has 0 atom stereocenters. The number of rotatable bonds is 6. The molecule has 3 aromatic carbocycles. The van der Waals surface area contributed by atoms with Crippen LogP contribution < -0.4 is 10.3 Å². The van der Waals surface area contributed by atoms with Gasteiger partial charge in [0.1, 0.15) is 18.2 Å². The number of nitro benzene ring substituents is 1. The molecule has 36 heavy (non-hydrogen) atoms. The molecular formula is C26H22BrFN4O4. The van der Waals surface area contributed by atoms with Crippen molar-refractivity contribution in [3.8, 4) is 5.75 Å². The summed E-state index contributed by atoms with van der Waals surface area (Å²) in [6.07, 6.45) is 1.36. The standard InChI is InChI=1S/C26H22BrFN4O4/c1-26(2,3)25-30-21-10-9-18(27)13-19(21)24(33)31(25)29-14-16-8-11-23(22(12-16)32(34)35)36-15-17-6-4-5-7-20(17)28/h4-14H,15H2,1-3H3. The summed E-state index contributed by atoms with van der Waals surface area (Å²) in [5.41, 5.74) is 0.0318. The largest absolute Gasteiger partial charge is 0.482 e. The number of ether oxygens (including phenoxy) is 1. The van der Waals surface area contributed by atoms with E-state index in [0.29, 0.717) is 22.3 Å². The highest BCUT2D eigenvalue weighted by Gasteiger charge is 2.23. The van der Waals surface area contributed by atoms with Gasteiger partial charge in [-0.2, -0.15) is 9.78 Å². The average molecular weight is 553 g/mol. The Hall–Kier alpha value is -3.92. The minimum atomic E-state index is -0.587. The van der Waals surface area contributed by atoms with Crippen LogP contribution in [0.1, 0.15) is 37.7 Å². The SMILES string of the molecule is CC(C)(C)c1nc2ccc(Br)cc2c(=O)n1N=Cc1ccc(OCc2ccccc2F)c([N+](=O)[O-])c1. The van der Waals surface area contributed by atoms with Crippen molar-refractivity contribution in [2.24, 2.45) is 5.10 Å². The van der Waals surface area contributed by atoms with Crippen LogP contribution in [0.2, 0.25) is 0 Å². The molecule has 0 bridgehead atoms. The Balaban J connectivity index is 1.71. The molecule has 4 rings (SSSR count). The van der Waals surface area contributed by atoms with E-state index in [1.165, 1.54) is 29.1 Å². The molecule has 0 aliphatic rings. The van der Waals surface area contributed by atoms with Gasteiger partial charge in [-0.05, 0) is 36.4 Å². The quantitative estimate of drug-likeness (QED) is 0.167. The zero-order chi connectivity index (χ0) is 26.0. The fourth-order valence-corrected chi connectivity index (χ4v) is 3.88. The Morgan fingerprint density at radius 1 is 1.17 bits per heavy atom. The number of fused-ring (bicyclic) bond motifs is 1. The molecule has 0 saturated carbocycles. The smallest absolute Gasteiger partial charge is 0.311 e. The predicted molar refractivity (Wildman–Crippen MR) is 139 cm³/mol. The lowest BCUT2D eigenvalue weighted by molar-refractivity contribution is -0.386. The molecule has 0 amide bonds. The lowest BCUT2D eigenvalue weighted by Crippen LogP contribution is -2.29. The lowest BCUT2D eigenvalue weighted by atomic mass is 9.95. The Kier molecular flexibility index (Phi) is 6.98. The van der Waals surface area contributed by atoms with Crippen molar-refractivity contribution in [2.45, 2.75) is 32.8 Å². The number of nitro groups is 1. The Labute approximate surface area is 214 Å². The summed E-state index contributed by atoms with van der Waals surface area (Å²) in [5.74, 6) is -0.0249. The highest BCUT2D eigenvalue weighted by atomic mass is 79.9. The summed E-state index contributed by atoms with van der Waals surface area (Å²) in [6.45, 7) is 5.58. The van der Waals surface area contributed by atoms with Crippen molar-refractivity contribution in [3.05, 3.63) is 108 Å². The maximum Gasteiger partial charge on any atom is 0.311 e. The van der Waals surface area contributed by atoms with E-state index in [1.807, 2.05) is 26.8 Å². The van der Waals surface area contributed by atoms with E-state index in [9.17, 15) is 19.3 Å².